The first kappa shape index (κ1) is 21.4. The smallest absolute Gasteiger partial charge is 0.355 e. The van der Waals surface area contributed by atoms with Gasteiger partial charge in [-0.25, -0.2) is 0 Å². The molecule has 0 spiro atoms. The molecule has 0 atom stereocenters. The zero-order valence-corrected chi connectivity index (χ0v) is 17.2. The highest BCUT2D eigenvalue weighted by Gasteiger charge is 2.30. The van der Waals surface area contributed by atoms with Crippen molar-refractivity contribution in [2.75, 3.05) is 7.05 Å². The largest absolute Gasteiger partial charge is 0.416 e. The summed E-state index contributed by atoms with van der Waals surface area (Å²) in [6, 6.07) is 23.7. The molecule has 0 saturated heterocycles. The molecule has 1 amide bonds. The Labute approximate surface area is 183 Å². The van der Waals surface area contributed by atoms with Crippen LogP contribution in [0.4, 0.5) is 13.2 Å². The molecule has 1 aromatic heterocycles. The van der Waals surface area contributed by atoms with Gasteiger partial charge in [0.05, 0.1) is 23.5 Å². The summed E-state index contributed by atoms with van der Waals surface area (Å²) in [6.45, 7) is 0.400. The highest BCUT2D eigenvalue weighted by Crippen LogP contribution is 2.32. The van der Waals surface area contributed by atoms with Gasteiger partial charge >= 0.3 is 6.18 Å². The summed E-state index contributed by atoms with van der Waals surface area (Å²) >= 11 is 0. The van der Waals surface area contributed by atoms with Crippen molar-refractivity contribution >= 4 is 5.91 Å². The summed E-state index contributed by atoms with van der Waals surface area (Å²) in [6.07, 6.45) is -4.39. The average molecular weight is 435 g/mol. The highest BCUT2D eigenvalue weighted by molar-refractivity contribution is 5.93. The zero-order chi connectivity index (χ0) is 22.7. The Hall–Kier alpha value is -3.87. The molecule has 4 nitrogen and oxygen atoms in total. The number of hydrogen-bond donors (Lipinski definition) is 1. The topological polar surface area (TPSA) is 46.9 Å². The molecular formula is C25H20F3N3O. The van der Waals surface area contributed by atoms with Crippen LogP contribution in [-0.4, -0.2) is 22.7 Å². The van der Waals surface area contributed by atoms with E-state index in [0.29, 0.717) is 23.4 Å². The molecule has 0 bridgehead atoms. The van der Waals surface area contributed by atoms with E-state index in [1.54, 1.807) is 23.9 Å². The number of carbonyl (C=O) groups excluding carboxylic acids is 1. The molecule has 1 N–H and O–H groups in total. The van der Waals surface area contributed by atoms with Crippen LogP contribution in [0, 0.1) is 0 Å². The number of rotatable bonds is 5. The second-order valence-electron chi connectivity index (χ2n) is 7.29. The van der Waals surface area contributed by atoms with Gasteiger partial charge in [-0.15, -0.1) is 0 Å². The van der Waals surface area contributed by atoms with Crippen LogP contribution in [-0.2, 0) is 12.7 Å². The molecule has 0 saturated carbocycles. The highest BCUT2D eigenvalue weighted by atomic mass is 19.4. The standard InChI is InChI=1S/C25H20F3N3O/c1-29-24(32)20-9-7-17(8-10-20)16-31-23(15-22(30-31)18-5-3-2-4-6-18)19-11-13-21(14-12-19)25(26,27)28/h2-15H,16H2,1H3,(H,29,32). The van der Waals surface area contributed by atoms with E-state index >= 15 is 0 Å². The maximum absolute atomic E-state index is 13.0. The zero-order valence-electron chi connectivity index (χ0n) is 17.2. The first-order valence-corrected chi connectivity index (χ1v) is 9.97. The predicted molar refractivity (Wildman–Crippen MR) is 117 cm³/mol. The van der Waals surface area contributed by atoms with E-state index in [4.69, 9.17) is 5.10 Å². The molecule has 7 heteroatoms. The van der Waals surface area contributed by atoms with E-state index in [1.165, 1.54) is 12.1 Å². The number of halogens is 3. The number of aromatic nitrogens is 2. The SMILES string of the molecule is CNC(=O)c1ccc(Cn2nc(-c3ccccc3)cc2-c2ccc(C(F)(F)F)cc2)cc1. The van der Waals surface area contributed by atoms with E-state index in [1.807, 2.05) is 48.5 Å². The average Bonchev–Trinajstić information content (AvgIpc) is 3.23. The Morgan fingerprint density at radius 2 is 1.56 bits per heavy atom. The van der Waals surface area contributed by atoms with Crippen LogP contribution in [0.25, 0.3) is 22.5 Å². The Kier molecular flexibility index (Phi) is 5.81. The number of hydrogen-bond acceptors (Lipinski definition) is 2. The third-order valence-electron chi connectivity index (χ3n) is 5.13. The van der Waals surface area contributed by atoms with E-state index in [0.717, 1.165) is 29.0 Å². The minimum absolute atomic E-state index is 0.174. The molecule has 0 aliphatic carbocycles. The lowest BCUT2D eigenvalue weighted by molar-refractivity contribution is -0.137. The van der Waals surface area contributed by atoms with Crippen molar-refractivity contribution in [2.24, 2.45) is 0 Å². The molecule has 0 unspecified atom stereocenters. The Bertz CT molecular complexity index is 1210. The molecule has 1 heterocycles. The van der Waals surface area contributed by atoms with Crippen molar-refractivity contribution in [1.82, 2.24) is 15.1 Å². The molecule has 0 fully saturated rings. The van der Waals surface area contributed by atoms with Crippen molar-refractivity contribution in [2.45, 2.75) is 12.7 Å². The minimum Gasteiger partial charge on any atom is -0.355 e. The maximum Gasteiger partial charge on any atom is 0.416 e. The molecular weight excluding hydrogens is 415 g/mol. The summed E-state index contributed by atoms with van der Waals surface area (Å²) in [5.74, 6) is -0.174. The van der Waals surface area contributed by atoms with Crippen LogP contribution in [0.2, 0.25) is 0 Å². The van der Waals surface area contributed by atoms with Gasteiger partial charge in [-0.05, 0) is 41.5 Å². The summed E-state index contributed by atoms with van der Waals surface area (Å²) < 4.78 is 40.7. The molecule has 4 aromatic rings. The van der Waals surface area contributed by atoms with Crippen molar-refractivity contribution in [3.8, 4) is 22.5 Å². The summed E-state index contributed by atoms with van der Waals surface area (Å²) in [5.41, 5.74) is 3.73. The second kappa shape index (κ2) is 8.70. The maximum atomic E-state index is 13.0. The van der Waals surface area contributed by atoms with E-state index in [-0.39, 0.29) is 5.91 Å². The third-order valence-corrected chi connectivity index (χ3v) is 5.13. The Morgan fingerprint density at radius 1 is 0.906 bits per heavy atom. The molecule has 3 aromatic carbocycles. The molecule has 0 radical (unpaired) electrons. The van der Waals surface area contributed by atoms with E-state index < -0.39 is 11.7 Å². The predicted octanol–water partition coefficient (Wildman–Crippen LogP) is 5.64. The van der Waals surface area contributed by atoms with Gasteiger partial charge < -0.3 is 5.32 Å². The molecule has 0 aliphatic rings. The number of nitrogens with one attached hydrogen (secondary N) is 1. The van der Waals surface area contributed by atoms with Crippen LogP contribution in [0.1, 0.15) is 21.5 Å². The van der Waals surface area contributed by atoms with Crippen LogP contribution < -0.4 is 5.32 Å². The lowest BCUT2D eigenvalue weighted by atomic mass is 10.1. The van der Waals surface area contributed by atoms with Gasteiger partial charge in [-0.2, -0.15) is 18.3 Å². The molecule has 4 rings (SSSR count). The lowest BCUT2D eigenvalue weighted by Gasteiger charge is -2.10. The minimum atomic E-state index is -4.39. The van der Waals surface area contributed by atoms with Gasteiger partial charge in [-0.1, -0.05) is 54.6 Å². The Balaban J connectivity index is 1.72. The van der Waals surface area contributed by atoms with Crippen LogP contribution in [0.3, 0.4) is 0 Å². The first-order chi connectivity index (χ1) is 15.3. The van der Waals surface area contributed by atoms with Gasteiger partial charge in [0.2, 0.25) is 0 Å². The monoisotopic (exact) mass is 435 g/mol. The van der Waals surface area contributed by atoms with Crippen molar-refractivity contribution < 1.29 is 18.0 Å². The summed E-state index contributed by atoms with van der Waals surface area (Å²) in [4.78, 5) is 11.8. The quantitative estimate of drug-likeness (QED) is 0.441. The fourth-order valence-electron chi connectivity index (χ4n) is 3.43. The fraction of sp³-hybridized carbons (Fsp3) is 0.120. The Morgan fingerprint density at radius 3 is 2.16 bits per heavy atom. The van der Waals surface area contributed by atoms with Gasteiger partial charge in [0.15, 0.2) is 0 Å². The van der Waals surface area contributed by atoms with Gasteiger partial charge in [0, 0.05) is 18.2 Å². The molecule has 162 valence electrons. The number of alkyl halides is 3. The van der Waals surface area contributed by atoms with Crippen molar-refractivity contribution in [3.63, 3.8) is 0 Å². The van der Waals surface area contributed by atoms with E-state index in [2.05, 4.69) is 5.32 Å². The van der Waals surface area contributed by atoms with Crippen LogP contribution in [0.5, 0.6) is 0 Å². The van der Waals surface area contributed by atoms with E-state index in [9.17, 15) is 18.0 Å². The van der Waals surface area contributed by atoms with Crippen molar-refractivity contribution in [1.29, 1.82) is 0 Å². The van der Waals surface area contributed by atoms with Gasteiger partial charge in [0.25, 0.3) is 5.91 Å². The number of carbonyl (C=O) groups is 1. The summed E-state index contributed by atoms with van der Waals surface area (Å²) in [7, 11) is 1.57. The van der Waals surface area contributed by atoms with Gasteiger partial charge in [-0.3, -0.25) is 9.48 Å². The summed E-state index contributed by atoms with van der Waals surface area (Å²) in [5, 5.41) is 7.29. The lowest BCUT2D eigenvalue weighted by Crippen LogP contribution is -2.17. The normalized spacial score (nSPS) is 11.4. The first-order valence-electron chi connectivity index (χ1n) is 9.97. The third kappa shape index (κ3) is 4.56. The fourth-order valence-corrected chi connectivity index (χ4v) is 3.43. The van der Waals surface area contributed by atoms with Gasteiger partial charge in [0.1, 0.15) is 0 Å². The number of nitrogens with zero attached hydrogens (tertiary/aromatic N) is 2. The number of amides is 1. The molecule has 32 heavy (non-hydrogen) atoms. The molecule has 0 aliphatic heterocycles. The second-order valence-corrected chi connectivity index (χ2v) is 7.29. The number of benzene rings is 3. The van der Waals surface area contributed by atoms with Crippen LogP contribution in [0.15, 0.2) is 84.9 Å². The van der Waals surface area contributed by atoms with Crippen LogP contribution >= 0.6 is 0 Å². The van der Waals surface area contributed by atoms with Crippen molar-refractivity contribution in [3.05, 3.63) is 102 Å².